The normalized spacial score (nSPS) is 14.4. The average Bonchev–Trinajstić information content (AvgIpc) is 2.17. The molecule has 82 valence electrons. The first kappa shape index (κ1) is 12.4. The number of nitrogens with zero attached hydrogens (tertiary/aromatic N) is 1. The van der Waals surface area contributed by atoms with Gasteiger partial charge < -0.3 is 10.4 Å². The summed E-state index contributed by atoms with van der Waals surface area (Å²) in [5.41, 5.74) is -0.948. The van der Waals surface area contributed by atoms with Gasteiger partial charge in [0.15, 0.2) is 0 Å². The second-order valence-corrected chi connectivity index (χ2v) is 4.18. The van der Waals surface area contributed by atoms with Crippen molar-refractivity contribution in [1.82, 2.24) is 4.98 Å². The Morgan fingerprint density at radius 1 is 1.80 bits per heavy atom. The highest BCUT2D eigenvalue weighted by Crippen LogP contribution is 2.15. The molecule has 1 heterocycles. The number of carbonyl (C=O) groups is 1. The molecular formula is C9H10BrClN2O2. The molecule has 0 radical (unpaired) electrons. The molecule has 1 rings (SSSR count). The number of alkyl halides is 1. The van der Waals surface area contributed by atoms with Gasteiger partial charge in [-0.3, -0.25) is 4.79 Å². The maximum absolute atomic E-state index is 11.5. The Labute approximate surface area is 101 Å². The van der Waals surface area contributed by atoms with Crippen molar-refractivity contribution in [3.8, 4) is 0 Å². The Balaban J connectivity index is 2.75. The number of halogens is 2. The van der Waals surface area contributed by atoms with Gasteiger partial charge in [-0.25, -0.2) is 4.98 Å². The molecule has 1 amide bonds. The highest BCUT2D eigenvalue weighted by molar-refractivity contribution is 9.09. The molecule has 4 nitrogen and oxygen atoms in total. The Hall–Kier alpha value is -0.650. The van der Waals surface area contributed by atoms with Gasteiger partial charge in [-0.1, -0.05) is 27.5 Å². The molecule has 0 aliphatic heterocycles. The first-order valence-electron chi connectivity index (χ1n) is 4.17. The maximum atomic E-state index is 11.5. The van der Waals surface area contributed by atoms with E-state index in [0.717, 1.165) is 0 Å². The Bertz CT molecular complexity index is 371. The fraction of sp³-hybridized carbons (Fsp3) is 0.333. The lowest BCUT2D eigenvalue weighted by atomic mass is 10.1. The summed E-state index contributed by atoms with van der Waals surface area (Å²) in [6.45, 7) is 1.42. The highest BCUT2D eigenvalue weighted by atomic mass is 79.9. The lowest BCUT2D eigenvalue weighted by molar-refractivity contribution is -0.130. The summed E-state index contributed by atoms with van der Waals surface area (Å²) >= 11 is 8.69. The number of anilines is 1. The van der Waals surface area contributed by atoms with Crippen LogP contribution in [-0.4, -0.2) is 26.9 Å². The van der Waals surface area contributed by atoms with Crippen LogP contribution in [0, 0.1) is 0 Å². The molecule has 15 heavy (non-hydrogen) atoms. The van der Waals surface area contributed by atoms with E-state index < -0.39 is 11.5 Å². The minimum absolute atomic E-state index is 0.157. The van der Waals surface area contributed by atoms with Gasteiger partial charge in [0.2, 0.25) is 0 Å². The molecule has 0 aromatic carbocycles. The van der Waals surface area contributed by atoms with Crippen molar-refractivity contribution in [3.63, 3.8) is 0 Å². The number of pyridine rings is 1. The molecule has 1 aromatic heterocycles. The second-order valence-electron chi connectivity index (χ2n) is 3.23. The van der Waals surface area contributed by atoms with Crippen molar-refractivity contribution in [2.24, 2.45) is 0 Å². The van der Waals surface area contributed by atoms with Crippen LogP contribution >= 0.6 is 27.5 Å². The quantitative estimate of drug-likeness (QED) is 0.660. The van der Waals surface area contributed by atoms with Crippen LogP contribution in [0.25, 0.3) is 0 Å². The van der Waals surface area contributed by atoms with Crippen molar-refractivity contribution in [2.45, 2.75) is 12.5 Å². The van der Waals surface area contributed by atoms with E-state index in [1.165, 1.54) is 19.2 Å². The number of amides is 1. The summed E-state index contributed by atoms with van der Waals surface area (Å²) in [4.78, 5) is 15.3. The molecule has 0 bridgehead atoms. The standard InChI is InChI=1S/C9H10BrClN2O2/c1-9(15,5-10)8(14)13-6-2-3-12-7(11)4-6/h2-4,15H,5H2,1H3,(H,12,13,14)/t9-/m0/s1. The third-order valence-electron chi connectivity index (χ3n) is 1.73. The molecule has 2 N–H and O–H groups in total. The molecule has 0 saturated heterocycles. The number of hydrogen-bond acceptors (Lipinski definition) is 3. The van der Waals surface area contributed by atoms with Crippen molar-refractivity contribution < 1.29 is 9.90 Å². The SMILES string of the molecule is C[C@](O)(CBr)C(=O)Nc1ccnc(Cl)c1. The molecular weight excluding hydrogens is 283 g/mol. The minimum Gasteiger partial charge on any atom is -0.379 e. The number of aliphatic hydroxyl groups is 1. The third kappa shape index (κ3) is 3.44. The van der Waals surface area contributed by atoms with Gasteiger partial charge >= 0.3 is 0 Å². The summed E-state index contributed by atoms with van der Waals surface area (Å²) in [7, 11) is 0. The predicted octanol–water partition coefficient (Wildman–Crippen LogP) is 1.82. The molecule has 0 aliphatic carbocycles. The van der Waals surface area contributed by atoms with Gasteiger partial charge in [0.1, 0.15) is 10.8 Å². The number of nitrogens with one attached hydrogen (secondary N) is 1. The molecule has 0 unspecified atom stereocenters. The molecule has 0 spiro atoms. The minimum atomic E-state index is -1.45. The summed E-state index contributed by atoms with van der Waals surface area (Å²) in [6.07, 6.45) is 1.47. The second kappa shape index (κ2) is 4.92. The first-order chi connectivity index (χ1) is 6.95. The van der Waals surface area contributed by atoms with E-state index in [-0.39, 0.29) is 10.5 Å². The first-order valence-corrected chi connectivity index (χ1v) is 5.67. The topological polar surface area (TPSA) is 62.2 Å². The van der Waals surface area contributed by atoms with E-state index in [0.29, 0.717) is 5.69 Å². The number of aromatic nitrogens is 1. The number of carbonyl (C=O) groups excluding carboxylic acids is 1. The van der Waals surface area contributed by atoms with Gasteiger partial charge in [0.25, 0.3) is 5.91 Å². The van der Waals surface area contributed by atoms with Crippen molar-refractivity contribution in [2.75, 3.05) is 10.6 Å². The van der Waals surface area contributed by atoms with Gasteiger partial charge in [-0.05, 0) is 19.1 Å². The Morgan fingerprint density at radius 3 is 3.00 bits per heavy atom. The number of rotatable bonds is 3. The zero-order valence-electron chi connectivity index (χ0n) is 8.00. The monoisotopic (exact) mass is 292 g/mol. The molecule has 6 heteroatoms. The number of hydrogen-bond donors (Lipinski definition) is 2. The van der Waals surface area contributed by atoms with Gasteiger partial charge in [-0.2, -0.15) is 0 Å². The van der Waals surface area contributed by atoms with E-state index in [2.05, 4.69) is 26.2 Å². The average molecular weight is 294 g/mol. The van der Waals surface area contributed by atoms with Crippen molar-refractivity contribution in [3.05, 3.63) is 23.5 Å². The lowest BCUT2D eigenvalue weighted by Crippen LogP contribution is -2.41. The van der Waals surface area contributed by atoms with E-state index in [4.69, 9.17) is 11.6 Å². The fourth-order valence-electron chi connectivity index (χ4n) is 0.807. The lowest BCUT2D eigenvalue weighted by Gasteiger charge is -2.19. The maximum Gasteiger partial charge on any atom is 0.256 e. The molecule has 0 aliphatic rings. The summed E-state index contributed by atoms with van der Waals surface area (Å²) in [5.74, 6) is -0.498. The van der Waals surface area contributed by atoms with E-state index in [1.807, 2.05) is 0 Å². The van der Waals surface area contributed by atoms with Crippen LogP contribution in [0.1, 0.15) is 6.92 Å². The highest BCUT2D eigenvalue weighted by Gasteiger charge is 2.28. The van der Waals surface area contributed by atoms with Crippen LogP contribution in [-0.2, 0) is 4.79 Å². The van der Waals surface area contributed by atoms with E-state index in [1.54, 1.807) is 6.07 Å². The zero-order valence-corrected chi connectivity index (χ0v) is 10.3. The van der Waals surface area contributed by atoms with Crippen LogP contribution < -0.4 is 5.32 Å². The predicted molar refractivity (Wildman–Crippen MR) is 62.3 cm³/mol. The summed E-state index contributed by atoms with van der Waals surface area (Å²) in [5, 5.41) is 12.6. The molecule has 0 saturated carbocycles. The van der Waals surface area contributed by atoms with Gasteiger partial charge in [0.05, 0.1) is 0 Å². The summed E-state index contributed by atoms with van der Waals surface area (Å²) in [6, 6.07) is 3.10. The largest absolute Gasteiger partial charge is 0.379 e. The van der Waals surface area contributed by atoms with E-state index >= 15 is 0 Å². The molecule has 0 fully saturated rings. The fourth-order valence-corrected chi connectivity index (χ4v) is 1.24. The summed E-state index contributed by atoms with van der Waals surface area (Å²) < 4.78 is 0. The molecule has 1 atom stereocenters. The Kier molecular flexibility index (Phi) is 4.07. The third-order valence-corrected chi connectivity index (χ3v) is 3.03. The van der Waals surface area contributed by atoms with Crippen LogP contribution in [0.15, 0.2) is 18.3 Å². The van der Waals surface area contributed by atoms with Gasteiger partial charge in [0, 0.05) is 17.2 Å². The zero-order chi connectivity index (χ0) is 11.5. The Morgan fingerprint density at radius 2 is 2.47 bits per heavy atom. The van der Waals surface area contributed by atoms with Crippen molar-refractivity contribution >= 4 is 39.1 Å². The smallest absolute Gasteiger partial charge is 0.256 e. The molecule has 1 aromatic rings. The van der Waals surface area contributed by atoms with Gasteiger partial charge in [-0.15, -0.1) is 0 Å². The van der Waals surface area contributed by atoms with E-state index in [9.17, 15) is 9.90 Å². The van der Waals surface area contributed by atoms with Crippen LogP contribution in [0.4, 0.5) is 5.69 Å². The van der Waals surface area contributed by atoms with Crippen molar-refractivity contribution in [1.29, 1.82) is 0 Å². The van der Waals surface area contributed by atoms with Crippen LogP contribution in [0.5, 0.6) is 0 Å². The van der Waals surface area contributed by atoms with Crippen LogP contribution in [0.3, 0.4) is 0 Å². The van der Waals surface area contributed by atoms with Crippen LogP contribution in [0.2, 0.25) is 5.15 Å².